The molecule has 1 amide bonds. The molecule has 0 bridgehead atoms. The minimum absolute atomic E-state index is 0.187. The molecule has 0 spiro atoms. The van der Waals surface area contributed by atoms with Gasteiger partial charge in [0.2, 0.25) is 0 Å². The first-order chi connectivity index (χ1) is 9.68. The van der Waals surface area contributed by atoms with Crippen LogP contribution in [0.4, 0.5) is 4.79 Å². The molecule has 0 aliphatic carbocycles. The summed E-state index contributed by atoms with van der Waals surface area (Å²) in [6, 6.07) is 9.42. The van der Waals surface area contributed by atoms with Crippen molar-refractivity contribution in [3.8, 4) is 0 Å². The van der Waals surface area contributed by atoms with Crippen molar-refractivity contribution in [2.75, 3.05) is 6.54 Å². The van der Waals surface area contributed by atoms with Crippen LogP contribution in [0.2, 0.25) is 0 Å². The van der Waals surface area contributed by atoms with Crippen molar-refractivity contribution in [3.63, 3.8) is 0 Å². The summed E-state index contributed by atoms with van der Waals surface area (Å²) in [5.41, 5.74) is 6.09. The molecule has 110 valence electrons. The molecule has 0 aliphatic rings. The molecule has 3 N–H and O–H groups in total. The van der Waals surface area contributed by atoms with Gasteiger partial charge in [-0.3, -0.25) is 10.2 Å². The molecule has 0 fully saturated rings. The number of carboxylic acids is 1. The molecule has 20 heavy (non-hydrogen) atoms. The Bertz CT molecular complexity index is 409. The summed E-state index contributed by atoms with van der Waals surface area (Å²) in [4.78, 5) is 21.6. The molecule has 0 radical (unpaired) electrons. The summed E-state index contributed by atoms with van der Waals surface area (Å²) in [5.74, 6) is -0.777. The normalized spacial score (nSPS) is 10.0. The van der Waals surface area contributed by atoms with E-state index in [1.807, 2.05) is 30.3 Å². The van der Waals surface area contributed by atoms with Crippen molar-refractivity contribution in [2.24, 2.45) is 0 Å². The van der Waals surface area contributed by atoms with Crippen LogP contribution in [0.3, 0.4) is 0 Å². The van der Waals surface area contributed by atoms with E-state index in [4.69, 9.17) is 9.84 Å². The lowest BCUT2D eigenvalue weighted by atomic mass is 10.2. The monoisotopic (exact) mass is 280 g/mol. The fourth-order valence-corrected chi connectivity index (χ4v) is 1.56. The van der Waals surface area contributed by atoms with Crippen LogP contribution in [-0.4, -0.2) is 23.7 Å². The molecule has 0 heterocycles. The zero-order valence-corrected chi connectivity index (χ0v) is 11.3. The average Bonchev–Trinajstić information content (AvgIpc) is 2.45. The van der Waals surface area contributed by atoms with Gasteiger partial charge in [-0.05, 0) is 18.4 Å². The van der Waals surface area contributed by atoms with Gasteiger partial charge in [-0.25, -0.2) is 10.2 Å². The number of carbonyl (C=O) groups excluding carboxylic acids is 1. The SMILES string of the molecule is O=C(O)CCCCCNNC(=O)OCc1ccccc1. The number of aliphatic carboxylic acids is 1. The third-order valence-electron chi connectivity index (χ3n) is 2.60. The number of hydrazine groups is 1. The second-order valence-electron chi connectivity index (χ2n) is 4.32. The molecule has 0 atom stereocenters. The lowest BCUT2D eigenvalue weighted by Crippen LogP contribution is -2.38. The summed E-state index contributed by atoms with van der Waals surface area (Å²) in [6.07, 6.45) is 1.91. The van der Waals surface area contributed by atoms with Crippen molar-refractivity contribution in [1.82, 2.24) is 10.9 Å². The zero-order valence-electron chi connectivity index (χ0n) is 11.3. The van der Waals surface area contributed by atoms with E-state index in [9.17, 15) is 9.59 Å². The van der Waals surface area contributed by atoms with E-state index in [1.54, 1.807) is 0 Å². The van der Waals surface area contributed by atoms with E-state index in [-0.39, 0.29) is 13.0 Å². The van der Waals surface area contributed by atoms with Crippen LogP contribution in [0.5, 0.6) is 0 Å². The second kappa shape index (κ2) is 9.80. The van der Waals surface area contributed by atoms with E-state index in [0.29, 0.717) is 13.0 Å². The first kappa shape index (κ1) is 16.0. The van der Waals surface area contributed by atoms with Crippen LogP contribution in [0, 0.1) is 0 Å². The largest absolute Gasteiger partial charge is 0.481 e. The maximum Gasteiger partial charge on any atom is 0.421 e. The quantitative estimate of drug-likeness (QED) is 0.476. The van der Waals surface area contributed by atoms with Gasteiger partial charge in [0, 0.05) is 13.0 Å². The van der Waals surface area contributed by atoms with Gasteiger partial charge in [0.15, 0.2) is 0 Å². The van der Waals surface area contributed by atoms with Crippen molar-refractivity contribution in [3.05, 3.63) is 35.9 Å². The molecule has 0 saturated heterocycles. The lowest BCUT2D eigenvalue weighted by Gasteiger charge is -2.08. The van der Waals surface area contributed by atoms with Crippen LogP contribution in [0.25, 0.3) is 0 Å². The number of carbonyl (C=O) groups is 2. The molecule has 0 aliphatic heterocycles. The highest BCUT2D eigenvalue weighted by atomic mass is 16.6. The predicted molar refractivity (Wildman–Crippen MR) is 73.9 cm³/mol. The molecular weight excluding hydrogens is 260 g/mol. The molecule has 6 nitrogen and oxygen atoms in total. The van der Waals surface area contributed by atoms with Gasteiger partial charge in [0.05, 0.1) is 0 Å². The molecule has 0 aromatic heterocycles. The van der Waals surface area contributed by atoms with E-state index >= 15 is 0 Å². The Morgan fingerprint density at radius 1 is 1.10 bits per heavy atom. The van der Waals surface area contributed by atoms with Crippen molar-refractivity contribution in [2.45, 2.75) is 32.3 Å². The number of nitrogens with one attached hydrogen (secondary N) is 2. The Hall–Kier alpha value is -2.08. The van der Waals surface area contributed by atoms with Crippen LogP contribution in [-0.2, 0) is 16.1 Å². The Morgan fingerprint density at radius 2 is 1.85 bits per heavy atom. The maximum absolute atomic E-state index is 11.3. The average molecular weight is 280 g/mol. The molecule has 1 aromatic carbocycles. The van der Waals surface area contributed by atoms with E-state index in [0.717, 1.165) is 18.4 Å². The highest BCUT2D eigenvalue weighted by Gasteiger charge is 2.01. The van der Waals surface area contributed by atoms with Gasteiger partial charge >= 0.3 is 12.1 Å². The number of ether oxygens (including phenoxy) is 1. The summed E-state index contributed by atoms with van der Waals surface area (Å²) < 4.78 is 5.00. The van der Waals surface area contributed by atoms with Crippen LogP contribution >= 0.6 is 0 Å². The molecule has 1 aromatic rings. The molecule has 0 saturated carbocycles. The van der Waals surface area contributed by atoms with E-state index in [2.05, 4.69) is 10.9 Å². The fraction of sp³-hybridized carbons (Fsp3) is 0.429. The third-order valence-corrected chi connectivity index (χ3v) is 2.60. The first-order valence-electron chi connectivity index (χ1n) is 6.60. The van der Waals surface area contributed by atoms with Gasteiger partial charge < -0.3 is 9.84 Å². The Kier molecular flexibility index (Phi) is 7.83. The second-order valence-corrected chi connectivity index (χ2v) is 4.32. The predicted octanol–water partition coefficient (Wildman–Crippen LogP) is 2.06. The Balaban J connectivity index is 1.96. The van der Waals surface area contributed by atoms with Crippen LogP contribution < -0.4 is 10.9 Å². The van der Waals surface area contributed by atoms with Gasteiger partial charge in [-0.1, -0.05) is 36.8 Å². The topological polar surface area (TPSA) is 87.7 Å². The van der Waals surface area contributed by atoms with Crippen LogP contribution in [0.1, 0.15) is 31.2 Å². The van der Waals surface area contributed by atoms with Crippen LogP contribution in [0.15, 0.2) is 30.3 Å². The van der Waals surface area contributed by atoms with Crippen molar-refractivity contribution in [1.29, 1.82) is 0 Å². The van der Waals surface area contributed by atoms with Gasteiger partial charge in [-0.2, -0.15) is 0 Å². The number of hydrogen-bond acceptors (Lipinski definition) is 4. The summed E-state index contributed by atoms with van der Waals surface area (Å²) in [7, 11) is 0. The van der Waals surface area contributed by atoms with Crippen molar-refractivity contribution >= 4 is 12.1 Å². The number of rotatable bonds is 9. The number of carboxylic acid groups (broad SMARTS) is 1. The summed E-state index contributed by atoms with van der Waals surface area (Å²) in [5, 5.41) is 8.45. The van der Waals surface area contributed by atoms with E-state index in [1.165, 1.54) is 0 Å². The number of unbranched alkanes of at least 4 members (excludes halogenated alkanes) is 2. The number of hydrogen-bond donors (Lipinski definition) is 3. The molecule has 6 heteroatoms. The molecule has 1 rings (SSSR count). The highest BCUT2D eigenvalue weighted by Crippen LogP contribution is 2.00. The summed E-state index contributed by atoms with van der Waals surface area (Å²) >= 11 is 0. The highest BCUT2D eigenvalue weighted by molar-refractivity contribution is 5.66. The smallest absolute Gasteiger partial charge is 0.421 e. The standard InChI is InChI=1S/C14H20N2O4/c17-13(18)9-5-2-6-10-15-16-14(19)20-11-12-7-3-1-4-8-12/h1,3-4,7-8,15H,2,5-6,9-11H2,(H,16,19)(H,17,18). The minimum atomic E-state index is -0.777. The molecular formula is C14H20N2O4. The van der Waals surface area contributed by atoms with Gasteiger partial charge in [0.25, 0.3) is 0 Å². The van der Waals surface area contributed by atoms with E-state index < -0.39 is 12.1 Å². The third kappa shape index (κ3) is 8.10. The van der Waals surface area contributed by atoms with Gasteiger partial charge in [0.1, 0.15) is 6.61 Å². The number of benzene rings is 1. The fourth-order valence-electron chi connectivity index (χ4n) is 1.56. The lowest BCUT2D eigenvalue weighted by molar-refractivity contribution is -0.137. The Labute approximate surface area is 118 Å². The maximum atomic E-state index is 11.3. The first-order valence-corrected chi connectivity index (χ1v) is 6.60. The Morgan fingerprint density at radius 3 is 2.55 bits per heavy atom. The zero-order chi connectivity index (χ0) is 14.6. The minimum Gasteiger partial charge on any atom is -0.481 e. The summed E-state index contributed by atoms with van der Waals surface area (Å²) in [6.45, 7) is 0.813. The number of amides is 1. The van der Waals surface area contributed by atoms with Crippen molar-refractivity contribution < 1.29 is 19.4 Å². The van der Waals surface area contributed by atoms with Gasteiger partial charge in [-0.15, -0.1) is 0 Å². The molecule has 0 unspecified atom stereocenters.